The van der Waals surface area contributed by atoms with Crippen LogP contribution in [0.1, 0.15) is 21.6 Å². The quantitative estimate of drug-likeness (QED) is 0.352. The highest BCUT2D eigenvalue weighted by Crippen LogP contribution is 2.30. The molecule has 8 heteroatoms. The number of carboxylic acids is 1. The summed E-state index contributed by atoms with van der Waals surface area (Å²) in [4.78, 5) is 28.4. The maximum absolute atomic E-state index is 12.1. The molecule has 0 saturated carbocycles. The molecule has 0 aliphatic rings. The normalized spacial score (nSPS) is 11.0. The Morgan fingerprint density at radius 3 is 2.66 bits per heavy atom. The fraction of sp³-hybridized carbons (Fsp3) is 0.143. The van der Waals surface area contributed by atoms with Crippen LogP contribution in [-0.4, -0.2) is 41.0 Å². The molecule has 0 fully saturated rings. The highest BCUT2D eigenvalue weighted by Gasteiger charge is 2.09. The van der Waals surface area contributed by atoms with Crippen LogP contribution in [0.5, 0.6) is 5.75 Å². The van der Waals surface area contributed by atoms with E-state index in [1.54, 1.807) is 19.2 Å². The lowest BCUT2D eigenvalue weighted by Gasteiger charge is -2.09. The number of carbonyl (C=O) groups excluding carboxylic acids is 1. The molecular weight excluding hydrogens is 390 g/mol. The Morgan fingerprint density at radius 2 is 1.97 bits per heavy atom. The molecule has 0 atom stereocenters. The Morgan fingerprint density at radius 1 is 1.21 bits per heavy atom. The van der Waals surface area contributed by atoms with Gasteiger partial charge in [0.15, 0.2) is 0 Å². The number of methoxy groups -OCH3 is 1. The van der Waals surface area contributed by atoms with Gasteiger partial charge in [-0.15, -0.1) is 11.8 Å². The number of hydrogen-bond acceptors (Lipinski definition) is 6. The number of hydrogen-bond donors (Lipinski definition) is 2. The minimum Gasteiger partial charge on any atom is -0.497 e. The Kier molecular flexibility index (Phi) is 6.46. The molecule has 2 aromatic carbocycles. The molecule has 3 aromatic rings. The maximum atomic E-state index is 12.1. The van der Waals surface area contributed by atoms with Crippen LogP contribution < -0.4 is 10.2 Å². The van der Waals surface area contributed by atoms with Crippen LogP contribution in [0.4, 0.5) is 0 Å². The summed E-state index contributed by atoms with van der Waals surface area (Å²) in [5.41, 5.74) is 5.07. The molecule has 2 N–H and O–H groups in total. The number of pyridine rings is 1. The van der Waals surface area contributed by atoms with E-state index in [2.05, 4.69) is 15.5 Å². The van der Waals surface area contributed by atoms with Crippen molar-refractivity contribution >= 4 is 40.8 Å². The molecule has 0 aliphatic heterocycles. The third-order valence-electron chi connectivity index (χ3n) is 4.03. The van der Waals surface area contributed by atoms with Crippen molar-refractivity contribution < 1.29 is 19.4 Å². The minimum atomic E-state index is -0.990. The van der Waals surface area contributed by atoms with E-state index >= 15 is 0 Å². The largest absolute Gasteiger partial charge is 0.497 e. The van der Waals surface area contributed by atoms with E-state index in [4.69, 9.17) is 9.84 Å². The van der Waals surface area contributed by atoms with Gasteiger partial charge in [-0.2, -0.15) is 5.10 Å². The Labute approximate surface area is 171 Å². The number of rotatable bonds is 7. The summed E-state index contributed by atoms with van der Waals surface area (Å²) in [5, 5.41) is 13.7. The molecule has 0 saturated heterocycles. The van der Waals surface area contributed by atoms with Gasteiger partial charge >= 0.3 is 5.97 Å². The van der Waals surface area contributed by atoms with Crippen molar-refractivity contribution in [1.82, 2.24) is 10.4 Å². The van der Waals surface area contributed by atoms with Crippen molar-refractivity contribution in [2.45, 2.75) is 11.8 Å². The van der Waals surface area contributed by atoms with Crippen LogP contribution in [-0.2, 0) is 4.79 Å². The van der Waals surface area contributed by atoms with Gasteiger partial charge in [0.2, 0.25) is 5.91 Å². The van der Waals surface area contributed by atoms with Gasteiger partial charge in [-0.05, 0) is 48.9 Å². The lowest BCUT2D eigenvalue weighted by Crippen LogP contribution is -2.19. The highest BCUT2D eigenvalue weighted by atomic mass is 32.2. The molecule has 0 bridgehead atoms. The number of thioether (sulfide) groups is 1. The predicted octanol–water partition coefficient (Wildman–Crippen LogP) is 3.49. The molecule has 0 unspecified atom stereocenters. The fourth-order valence-electron chi connectivity index (χ4n) is 2.61. The number of nitrogens with one attached hydrogen (secondary N) is 1. The number of hydrazone groups is 1. The molecule has 0 spiro atoms. The fourth-order valence-corrected chi connectivity index (χ4v) is 3.54. The second kappa shape index (κ2) is 9.20. The zero-order chi connectivity index (χ0) is 20.8. The number of aryl methyl sites for hydroxylation is 1. The SMILES string of the molecule is COc1ccc2nc(C)cc(SCC(=O)N/N=C/c3ccc(C(=O)O)cc3)c2c1. The summed E-state index contributed by atoms with van der Waals surface area (Å²) >= 11 is 1.40. The Balaban J connectivity index is 1.62. The van der Waals surface area contributed by atoms with Crippen LogP contribution in [0, 0.1) is 6.92 Å². The first-order chi connectivity index (χ1) is 14.0. The number of aromatic nitrogens is 1. The van der Waals surface area contributed by atoms with E-state index in [-0.39, 0.29) is 17.2 Å². The van der Waals surface area contributed by atoms with E-state index in [0.717, 1.165) is 27.2 Å². The molecule has 1 aromatic heterocycles. The number of amides is 1. The maximum Gasteiger partial charge on any atom is 0.335 e. The van der Waals surface area contributed by atoms with Gasteiger partial charge in [-0.25, -0.2) is 10.2 Å². The average Bonchev–Trinajstić information content (AvgIpc) is 2.72. The zero-order valence-corrected chi connectivity index (χ0v) is 16.7. The molecule has 1 heterocycles. The van der Waals surface area contributed by atoms with Crippen molar-refractivity contribution in [1.29, 1.82) is 0 Å². The van der Waals surface area contributed by atoms with Gasteiger partial charge in [-0.1, -0.05) is 12.1 Å². The molecular formula is C21H19N3O4S. The second-order valence-electron chi connectivity index (χ2n) is 6.15. The van der Waals surface area contributed by atoms with Crippen LogP contribution in [0.25, 0.3) is 10.9 Å². The van der Waals surface area contributed by atoms with Gasteiger partial charge in [-0.3, -0.25) is 9.78 Å². The van der Waals surface area contributed by atoms with Gasteiger partial charge < -0.3 is 9.84 Å². The molecule has 148 valence electrons. The summed E-state index contributed by atoms with van der Waals surface area (Å²) in [7, 11) is 1.61. The molecule has 3 rings (SSSR count). The van der Waals surface area contributed by atoms with E-state index < -0.39 is 5.97 Å². The smallest absolute Gasteiger partial charge is 0.335 e. The van der Waals surface area contributed by atoms with Gasteiger partial charge in [0, 0.05) is 16.0 Å². The molecule has 0 aliphatic carbocycles. The van der Waals surface area contributed by atoms with Crippen LogP contribution in [0.2, 0.25) is 0 Å². The number of ether oxygens (including phenoxy) is 1. The summed E-state index contributed by atoms with van der Waals surface area (Å²) in [6.07, 6.45) is 1.46. The third-order valence-corrected chi connectivity index (χ3v) is 5.08. The lowest BCUT2D eigenvalue weighted by atomic mass is 10.1. The molecule has 1 amide bonds. The Hall–Kier alpha value is -3.39. The second-order valence-corrected chi connectivity index (χ2v) is 7.17. The summed E-state index contributed by atoms with van der Waals surface area (Å²) in [6, 6.07) is 13.8. The standard InChI is InChI=1S/C21H19N3O4S/c1-13-9-19(17-10-16(28-2)7-8-18(17)23-13)29-12-20(25)24-22-11-14-3-5-15(6-4-14)21(26)27/h3-11H,12H2,1-2H3,(H,24,25)(H,26,27)/b22-11+. The highest BCUT2D eigenvalue weighted by molar-refractivity contribution is 8.00. The lowest BCUT2D eigenvalue weighted by molar-refractivity contribution is -0.118. The van der Waals surface area contributed by atoms with Crippen molar-refractivity contribution in [2.75, 3.05) is 12.9 Å². The molecule has 0 radical (unpaired) electrons. The zero-order valence-electron chi connectivity index (χ0n) is 15.9. The number of aromatic carboxylic acids is 1. The van der Waals surface area contributed by atoms with Crippen LogP contribution in [0.15, 0.2) is 58.5 Å². The summed E-state index contributed by atoms with van der Waals surface area (Å²) in [5.74, 6) is -0.326. The number of nitrogens with zero attached hydrogens (tertiary/aromatic N) is 2. The monoisotopic (exact) mass is 409 g/mol. The van der Waals surface area contributed by atoms with Gasteiger partial charge in [0.05, 0.1) is 30.2 Å². The topological polar surface area (TPSA) is 101 Å². The predicted molar refractivity (Wildman–Crippen MR) is 113 cm³/mol. The first-order valence-corrected chi connectivity index (χ1v) is 9.68. The van der Waals surface area contributed by atoms with E-state index in [1.165, 1.54) is 30.1 Å². The summed E-state index contributed by atoms with van der Waals surface area (Å²) < 4.78 is 5.28. The van der Waals surface area contributed by atoms with Gasteiger partial charge in [0.1, 0.15) is 5.75 Å². The summed E-state index contributed by atoms with van der Waals surface area (Å²) in [6.45, 7) is 1.91. The van der Waals surface area contributed by atoms with E-state index in [1.807, 2.05) is 31.2 Å². The molecule has 29 heavy (non-hydrogen) atoms. The van der Waals surface area contributed by atoms with Crippen LogP contribution in [0.3, 0.4) is 0 Å². The third kappa shape index (κ3) is 5.32. The van der Waals surface area contributed by atoms with E-state index in [9.17, 15) is 9.59 Å². The van der Waals surface area contributed by atoms with Gasteiger partial charge in [0.25, 0.3) is 0 Å². The number of benzene rings is 2. The first-order valence-electron chi connectivity index (χ1n) is 8.70. The Bertz CT molecular complexity index is 1080. The van der Waals surface area contributed by atoms with Crippen molar-refractivity contribution in [3.05, 3.63) is 65.4 Å². The average molecular weight is 409 g/mol. The first kappa shape index (κ1) is 20.3. The number of carboxylic acid groups (broad SMARTS) is 1. The number of fused-ring (bicyclic) bond motifs is 1. The molecule has 7 nitrogen and oxygen atoms in total. The van der Waals surface area contributed by atoms with E-state index in [0.29, 0.717) is 5.56 Å². The van der Waals surface area contributed by atoms with Crippen molar-refractivity contribution in [3.63, 3.8) is 0 Å². The van der Waals surface area contributed by atoms with Crippen molar-refractivity contribution in [3.8, 4) is 5.75 Å². The van der Waals surface area contributed by atoms with Crippen molar-refractivity contribution in [2.24, 2.45) is 5.10 Å². The minimum absolute atomic E-state index is 0.186. The number of carbonyl (C=O) groups is 2. The van der Waals surface area contributed by atoms with Crippen LogP contribution >= 0.6 is 11.8 Å².